The second-order valence-corrected chi connectivity index (χ2v) is 6.79. The number of nitrogens with zero attached hydrogens (tertiary/aromatic N) is 5. The Hall–Kier alpha value is -2.28. The van der Waals surface area contributed by atoms with Crippen molar-refractivity contribution in [3.8, 4) is 0 Å². The van der Waals surface area contributed by atoms with Crippen LogP contribution in [0.4, 0.5) is 5.69 Å². The molecule has 1 N–H and O–H groups in total. The number of hydrazone groups is 1. The van der Waals surface area contributed by atoms with Gasteiger partial charge in [0.2, 0.25) is 11.9 Å². The van der Waals surface area contributed by atoms with Crippen LogP contribution in [0.15, 0.2) is 50.7 Å². The molecule has 2 fully saturated rings. The molecule has 4 unspecified atom stereocenters. The van der Waals surface area contributed by atoms with Crippen LogP contribution in [0.3, 0.4) is 0 Å². The summed E-state index contributed by atoms with van der Waals surface area (Å²) in [5.41, 5.74) is 0.744. The Kier molecular flexibility index (Phi) is 3.16. The summed E-state index contributed by atoms with van der Waals surface area (Å²) >= 11 is 0. The molecule has 7 nitrogen and oxygen atoms in total. The largest absolute Gasteiger partial charge is 0.493 e. The summed E-state index contributed by atoms with van der Waals surface area (Å²) in [4.78, 5) is 4.93. The third-order valence-corrected chi connectivity index (χ3v) is 5.15. The molecule has 3 aliphatic heterocycles. The highest BCUT2D eigenvalue weighted by Gasteiger charge is 2.53. The number of hydrogen-bond acceptors (Lipinski definition) is 6. The molecule has 1 saturated carbocycles. The van der Waals surface area contributed by atoms with Crippen LogP contribution >= 0.6 is 0 Å². The van der Waals surface area contributed by atoms with Gasteiger partial charge in [-0.3, -0.25) is 4.99 Å². The Morgan fingerprint density at radius 1 is 1.17 bits per heavy atom. The number of azo groups is 1. The molecule has 5 rings (SSSR count). The third-order valence-electron chi connectivity index (χ3n) is 5.15. The smallest absolute Gasteiger partial charge is 0.239 e. The summed E-state index contributed by atoms with van der Waals surface area (Å²) in [6, 6.07) is 9.11. The third kappa shape index (κ3) is 2.23. The van der Waals surface area contributed by atoms with Gasteiger partial charge in [-0.2, -0.15) is 10.2 Å². The van der Waals surface area contributed by atoms with Gasteiger partial charge in [0, 0.05) is 12.5 Å². The quantitative estimate of drug-likeness (QED) is 0.868. The van der Waals surface area contributed by atoms with Crippen LogP contribution in [-0.4, -0.2) is 46.8 Å². The van der Waals surface area contributed by atoms with E-state index < -0.39 is 6.04 Å². The van der Waals surface area contributed by atoms with E-state index in [0.717, 1.165) is 18.7 Å². The molecule has 1 saturated heterocycles. The van der Waals surface area contributed by atoms with E-state index in [-0.39, 0.29) is 18.2 Å². The minimum absolute atomic E-state index is 0.0564. The highest BCUT2D eigenvalue weighted by atomic mass is 16.5. The van der Waals surface area contributed by atoms with Crippen molar-refractivity contribution >= 4 is 17.4 Å². The molecule has 1 aromatic carbocycles. The number of aliphatic hydroxyl groups excluding tert-OH is 1. The van der Waals surface area contributed by atoms with E-state index in [1.807, 2.05) is 30.3 Å². The highest BCUT2D eigenvalue weighted by Crippen LogP contribution is 2.46. The fourth-order valence-electron chi connectivity index (χ4n) is 3.82. The van der Waals surface area contributed by atoms with E-state index in [2.05, 4.69) is 15.3 Å². The maximum Gasteiger partial charge on any atom is 0.239 e. The van der Waals surface area contributed by atoms with Crippen molar-refractivity contribution < 1.29 is 9.84 Å². The second-order valence-electron chi connectivity index (χ2n) is 6.79. The van der Waals surface area contributed by atoms with Crippen molar-refractivity contribution in [2.45, 2.75) is 37.6 Å². The fourth-order valence-corrected chi connectivity index (χ4v) is 3.82. The minimum atomic E-state index is -0.628. The van der Waals surface area contributed by atoms with Gasteiger partial charge >= 0.3 is 0 Å². The molecule has 124 valence electrons. The van der Waals surface area contributed by atoms with Crippen LogP contribution in [-0.2, 0) is 4.74 Å². The van der Waals surface area contributed by atoms with Crippen molar-refractivity contribution in [1.29, 1.82) is 0 Å². The number of fused-ring (bicyclic) bond motifs is 3. The highest BCUT2D eigenvalue weighted by molar-refractivity contribution is 6.10. The van der Waals surface area contributed by atoms with Crippen molar-refractivity contribution in [3.05, 3.63) is 30.3 Å². The van der Waals surface area contributed by atoms with E-state index in [9.17, 15) is 5.11 Å². The first-order chi connectivity index (χ1) is 11.8. The van der Waals surface area contributed by atoms with E-state index >= 15 is 0 Å². The Morgan fingerprint density at radius 3 is 2.79 bits per heavy atom. The number of ether oxygens (including phenoxy) is 1. The Morgan fingerprint density at radius 2 is 2.00 bits per heavy atom. The molecule has 0 radical (unpaired) electrons. The molecule has 0 bridgehead atoms. The lowest BCUT2D eigenvalue weighted by Gasteiger charge is -2.35. The molecule has 4 aliphatic rings. The molecule has 0 amide bonds. The Balaban J connectivity index is 1.47. The predicted octanol–water partition coefficient (Wildman–Crippen LogP) is 2.88. The maximum absolute atomic E-state index is 10.3. The first kappa shape index (κ1) is 14.1. The Bertz CT molecular complexity index is 728. The van der Waals surface area contributed by atoms with Crippen LogP contribution in [0.1, 0.15) is 19.3 Å². The average Bonchev–Trinajstić information content (AvgIpc) is 3.23. The van der Waals surface area contributed by atoms with E-state index in [0.29, 0.717) is 17.7 Å². The molecule has 1 aromatic rings. The molecule has 0 spiro atoms. The van der Waals surface area contributed by atoms with Gasteiger partial charge in [0.1, 0.15) is 0 Å². The van der Waals surface area contributed by atoms with Gasteiger partial charge in [0.05, 0.1) is 11.7 Å². The van der Waals surface area contributed by atoms with Crippen LogP contribution in [0, 0.1) is 11.8 Å². The molecular weight excluding hydrogens is 306 g/mol. The summed E-state index contributed by atoms with van der Waals surface area (Å²) in [6.45, 7) is 0.727. The summed E-state index contributed by atoms with van der Waals surface area (Å²) in [7, 11) is 0. The van der Waals surface area contributed by atoms with Gasteiger partial charge in [-0.05, 0) is 37.3 Å². The van der Waals surface area contributed by atoms with E-state index in [1.165, 1.54) is 12.8 Å². The molecule has 4 atom stereocenters. The minimum Gasteiger partial charge on any atom is -0.493 e. The Labute approximate surface area is 139 Å². The number of benzene rings is 1. The van der Waals surface area contributed by atoms with Gasteiger partial charge in [0.15, 0.2) is 12.1 Å². The molecule has 1 aliphatic carbocycles. The molecule has 0 aromatic heterocycles. The van der Waals surface area contributed by atoms with Crippen LogP contribution in [0.5, 0.6) is 0 Å². The zero-order valence-corrected chi connectivity index (χ0v) is 13.2. The van der Waals surface area contributed by atoms with Gasteiger partial charge in [-0.15, -0.1) is 5.10 Å². The number of hydrogen-bond donors (Lipinski definition) is 1. The summed E-state index contributed by atoms with van der Waals surface area (Å²) in [6.07, 6.45) is 3.34. The molecule has 3 heterocycles. The topological polar surface area (TPSA) is 82.1 Å². The fraction of sp³-hybridized carbons (Fsp3) is 0.529. The molecule has 7 heteroatoms. The van der Waals surface area contributed by atoms with Crippen LogP contribution in [0.2, 0.25) is 0 Å². The van der Waals surface area contributed by atoms with Crippen molar-refractivity contribution in [1.82, 2.24) is 5.01 Å². The monoisotopic (exact) mass is 325 g/mol. The summed E-state index contributed by atoms with van der Waals surface area (Å²) in [5.74, 6) is 1.62. The zero-order valence-electron chi connectivity index (χ0n) is 13.2. The summed E-state index contributed by atoms with van der Waals surface area (Å²) in [5, 5.41) is 24.8. The predicted molar refractivity (Wildman–Crippen MR) is 88.4 cm³/mol. The lowest BCUT2D eigenvalue weighted by Crippen LogP contribution is -2.49. The maximum atomic E-state index is 10.3. The van der Waals surface area contributed by atoms with Crippen molar-refractivity contribution in [2.24, 2.45) is 32.2 Å². The lowest BCUT2D eigenvalue weighted by atomic mass is 9.91. The normalized spacial score (nSPS) is 34.9. The first-order valence-electron chi connectivity index (χ1n) is 8.53. The number of rotatable bonds is 3. The van der Waals surface area contributed by atoms with Crippen LogP contribution < -0.4 is 0 Å². The lowest BCUT2D eigenvalue weighted by molar-refractivity contribution is -0.0148. The number of aliphatic hydroxyl groups is 1. The second kappa shape index (κ2) is 5.37. The van der Waals surface area contributed by atoms with Gasteiger partial charge in [-0.25, -0.2) is 5.01 Å². The van der Waals surface area contributed by atoms with Crippen molar-refractivity contribution in [3.63, 3.8) is 0 Å². The van der Waals surface area contributed by atoms with Gasteiger partial charge < -0.3 is 9.84 Å². The van der Waals surface area contributed by atoms with Gasteiger partial charge in [-0.1, -0.05) is 18.2 Å². The van der Waals surface area contributed by atoms with Crippen LogP contribution in [0.25, 0.3) is 0 Å². The number of aliphatic imine (C=N–C) groups is 1. The zero-order chi connectivity index (χ0) is 16.1. The first-order valence-corrected chi connectivity index (χ1v) is 8.53. The number of amidine groups is 1. The van der Waals surface area contributed by atoms with Gasteiger partial charge in [0.25, 0.3) is 0 Å². The molecule has 24 heavy (non-hydrogen) atoms. The van der Waals surface area contributed by atoms with Crippen molar-refractivity contribution in [2.75, 3.05) is 6.61 Å². The SMILES string of the molecule is OC1=NN2C(=NC(C3CC3)C3CCOC32)C1/N=N/c1ccccc1. The molecular formula is C17H19N5O2. The average molecular weight is 325 g/mol. The van der Waals surface area contributed by atoms with E-state index in [1.54, 1.807) is 5.01 Å². The summed E-state index contributed by atoms with van der Waals surface area (Å²) < 4.78 is 5.89. The van der Waals surface area contributed by atoms with E-state index in [4.69, 9.17) is 9.73 Å². The standard InChI is InChI=1S/C17H19N5O2/c23-16-14(20-19-11-4-2-1-3-5-11)15-18-13(10-6-7-10)12-8-9-24-17(12)22(15)21-16/h1-5,10,12-14,17H,6-9H2,(H,21,23)/b20-19+.